The number of aldehydes is 1. The van der Waals surface area contributed by atoms with E-state index in [2.05, 4.69) is 35.2 Å². The molecule has 0 amide bonds. The third-order valence-corrected chi connectivity index (χ3v) is 4.83. The molecule has 1 aliphatic heterocycles. The maximum absolute atomic E-state index is 11.2. The number of carbonyl (C=O) groups is 1. The Morgan fingerprint density at radius 1 is 1.07 bits per heavy atom. The number of fused-ring (bicyclic) bond motifs is 1. The van der Waals surface area contributed by atoms with Gasteiger partial charge in [-0.05, 0) is 35.4 Å². The zero-order chi connectivity index (χ0) is 18.6. The van der Waals surface area contributed by atoms with Crippen LogP contribution in [0.3, 0.4) is 0 Å². The molecule has 1 atom stereocenters. The van der Waals surface area contributed by atoms with Gasteiger partial charge in [0.15, 0.2) is 6.29 Å². The van der Waals surface area contributed by atoms with Crippen molar-refractivity contribution in [2.24, 2.45) is 0 Å². The minimum atomic E-state index is -0.141. The number of hydrogen-bond acceptors (Lipinski definition) is 4. The molecule has 4 heteroatoms. The van der Waals surface area contributed by atoms with Crippen molar-refractivity contribution in [2.45, 2.75) is 12.6 Å². The van der Waals surface area contributed by atoms with Crippen LogP contribution >= 0.6 is 0 Å². The van der Waals surface area contributed by atoms with E-state index in [0.717, 1.165) is 36.4 Å². The molecule has 136 valence electrons. The van der Waals surface area contributed by atoms with E-state index < -0.39 is 0 Å². The summed E-state index contributed by atoms with van der Waals surface area (Å²) in [7, 11) is 1.57. The van der Waals surface area contributed by atoms with Crippen molar-refractivity contribution in [1.29, 1.82) is 0 Å². The van der Waals surface area contributed by atoms with Crippen LogP contribution in [0.1, 0.15) is 27.6 Å². The van der Waals surface area contributed by atoms with Crippen LogP contribution < -0.4 is 14.4 Å². The molecule has 0 N–H and O–H groups in total. The minimum absolute atomic E-state index is 0.141. The fraction of sp³-hybridized carbons (Fsp3) is 0.174. The van der Waals surface area contributed by atoms with Gasteiger partial charge in [-0.1, -0.05) is 48.5 Å². The largest absolute Gasteiger partial charge is 0.496 e. The average molecular weight is 359 g/mol. The zero-order valence-electron chi connectivity index (χ0n) is 15.2. The lowest BCUT2D eigenvalue weighted by Gasteiger charge is -2.36. The van der Waals surface area contributed by atoms with E-state index in [1.807, 2.05) is 36.4 Å². The monoisotopic (exact) mass is 359 g/mol. The molecular formula is C23H21NO3. The standard InChI is InChI=1S/C23H21NO3/c1-26-22-13-18(11-12-19(22)16-25)23-15-24(14-17-7-3-2-4-8-17)20-9-5-6-10-21(20)27-23/h2-13,16,23H,14-15H2,1H3. The second-order valence-electron chi connectivity index (χ2n) is 6.56. The number of ether oxygens (including phenoxy) is 2. The first-order chi connectivity index (χ1) is 13.3. The molecular weight excluding hydrogens is 338 g/mol. The van der Waals surface area contributed by atoms with E-state index in [1.54, 1.807) is 13.2 Å². The summed E-state index contributed by atoms with van der Waals surface area (Å²) in [6.45, 7) is 1.52. The van der Waals surface area contributed by atoms with Crippen LogP contribution in [-0.4, -0.2) is 19.9 Å². The summed E-state index contributed by atoms with van der Waals surface area (Å²) in [6, 6.07) is 24.1. The van der Waals surface area contributed by atoms with Crippen molar-refractivity contribution >= 4 is 12.0 Å². The number of rotatable bonds is 5. The second-order valence-corrected chi connectivity index (χ2v) is 6.56. The van der Waals surface area contributed by atoms with Crippen molar-refractivity contribution in [3.8, 4) is 11.5 Å². The van der Waals surface area contributed by atoms with Crippen LogP contribution in [0.5, 0.6) is 11.5 Å². The summed E-state index contributed by atoms with van der Waals surface area (Å²) < 4.78 is 11.6. The maximum atomic E-state index is 11.2. The lowest BCUT2D eigenvalue weighted by molar-refractivity contribution is 0.112. The summed E-state index contributed by atoms with van der Waals surface area (Å²) in [5, 5.41) is 0. The number of anilines is 1. The molecule has 0 aliphatic carbocycles. The highest BCUT2D eigenvalue weighted by Crippen LogP contribution is 2.39. The van der Waals surface area contributed by atoms with Crippen molar-refractivity contribution in [2.75, 3.05) is 18.6 Å². The van der Waals surface area contributed by atoms with E-state index in [4.69, 9.17) is 9.47 Å². The second kappa shape index (κ2) is 7.54. The molecule has 0 aromatic heterocycles. The van der Waals surface area contributed by atoms with Gasteiger partial charge in [0.2, 0.25) is 0 Å². The van der Waals surface area contributed by atoms with Gasteiger partial charge in [-0.25, -0.2) is 0 Å². The van der Waals surface area contributed by atoms with Crippen LogP contribution in [0, 0.1) is 0 Å². The fourth-order valence-electron chi connectivity index (χ4n) is 3.46. The molecule has 1 aliphatic rings. The molecule has 0 saturated carbocycles. The highest BCUT2D eigenvalue weighted by molar-refractivity contribution is 5.79. The zero-order valence-corrected chi connectivity index (χ0v) is 15.2. The van der Waals surface area contributed by atoms with Crippen molar-refractivity contribution in [3.63, 3.8) is 0 Å². The van der Waals surface area contributed by atoms with Crippen molar-refractivity contribution in [3.05, 3.63) is 89.5 Å². The first kappa shape index (κ1) is 17.2. The summed E-state index contributed by atoms with van der Waals surface area (Å²) >= 11 is 0. The van der Waals surface area contributed by atoms with Crippen LogP contribution in [-0.2, 0) is 6.54 Å². The molecule has 4 rings (SSSR count). The molecule has 4 nitrogen and oxygen atoms in total. The molecule has 1 unspecified atom stereocenters. The molecule has 1 heterocycles. The Bertz CT molecular complexity index is 939. The van der Waals surface area contributed by atoms with Gasteiger partial charge in [0, 0.05) is 6.54 Å². The Morgan fingerprint density at radius 2 is 1.85 bits per heavy atom. The van der Waals surface area contributed by atoms with E-state index in [9.17, 15) is 4.79 Å². The molecule has 0 saturated heterocycles. The summed E-state index contributed by atoms with van der Waals surface area (Å²) in [4.78, 5) is 13.5. The van der Waals surface area contributed by atoms with E-state index in [1.165, 1.54) is 5.56 Å². The van der Waals surface area contributed by atoms with Gasteiger partial charge in [0.25, 0.3) is 0 Å². The molecule has 3 aromatic carbocycles. The smallest absolute Gasteiger partial charge is 0.153 e. The highest BCUT2D eigenvalue weighted by atomic mass is 16.5. The fourth-order valence-corrected chi connectivity index (χ4v) is 3.46. The maximum Gasteiger partial charge on any atom is 0.153 e. The Balaban J connectivity index is 1.67. The SMILES string of the molecule is COc1cc(C2CN(Cc3ccccc3)c3ccccc3O2)ccc1C=O. The summed E-state index contributed by atoms with van der Waals surface area (Å²) in [5.74, 6) is 1.43. The lowest BCUT2D eigenvalue weighted by atomic mass is 10.0. The number of hydrogen-bond donors (Lipinski definition) is 0. The summed E-state index contributed by atoms with van der Waals surface area (Å²) in [5.41, 5.74) is 3.87. The van der Waals surface area contributed by atoms with Gasteiger partial charge in [-0.3, -0.25) is 4.79 Å². The van der Waals surface area contributed by atoms with Gasteiger partial charge in [-0.15, -0.1) is 0 Å². The van der Waals surface area contributed by atoms with E-state index >= 15 is 0 Å². The molecule has 27 heavy (non-hydrogen) atoms. The van der Waals surface area contributed by atoms with E-state index in [-0.39, 0.29) is 6.10 Å². The molecule has 0 spiro atoms. The number of benzene rings is 3. The molecule has 0 radical (unpaired) electrons. The van der Waals surface area contributed by atoms with Crippen molar-refractivity contribution in [1.82, 2.24) is 0 Å². The Kier molecular flexibility index (Phi) is 4.79. The van der Waals surface area contributed by atoms with Gasteiger partial charge in [0.05, 0.1) is 24.9 Å². The van der Waals surface area contributed by atoms with Gasteiger partial charge < -0.3 is 14.4 Å². The van der Waals surface area contributed by atoms with E-state index in [0.29, 0.717) is 11.3 Å². The third kappa shape index (κ3) is 3.51. The van der Waals surface area contributed by atoms with Gasteiger partial charge in [0.1, 0.15) is 17.6 Å². The predicted molar refractivity (Wildman–Crippen MR) is 106 cm³/mol. The van der Waals surface area contributed by atoms with Crippen LogP contribution in [0.25, 0.3) is 0 Å². The van der Waals surface area contributed by atoms with Crippen molar-refractivity contribution < 1.29 is 14.3 Å². The molecule has 3 aromatic rings. The number of carbonyl (C=O) groups excluding carboxylic acids is 1. The third-order valence-electron chi connectivity index (χ3n) is 4.83. The molecule has 0 bridgehead atoms. The highest BCUT2D eigenvalue weighted by Gasteiger charge is 2.27. The van der Waals surface area contributed by atoms with Crippen LogP contribution in [0.4, 0.5) is 5.69 Å². The Morgan fingerprint density at radius 3 is 2.63 bits per heavy atom. The molecule has 0 fully saturated rings. The van der Waals surface area contributed by atoms with Gasteiger partial charge in [-0.2, -0.15) is 0 Å². The lowest BCUT2D eigenvalue weighted by Crippen LogP contribution is -2.34. The minimum Gasteiger partial charge on any atom is -0.496 e. The van der Waals surface area contributed by atoms with Gasteiger partial charge >= 0.3 is 0 Å². The normalized spacial score (nSPS) is 15.6. The first-order valence-electron chi connectivity index (χ1n) is 8.96. The Labute approximate surface area is 159 Å². The average Bonchev–Trinajstić information content (AvgIpc) is 2.74. The quantitative estimate of drug-likeness (QED) is 0.622. The van der Waals surface area contributed by atoms with Crippen LogP contribution in [0.2, 0.25) is 0 Å². The van der Waals surface area contributed by atoms with Crippen LogP contribution in [0.15, 0.2) is 72.8 Å². The number of nitrogens with zero attached hydrogens (tertiary/aromatic N) is 1. The topological polar surface area (TPSA) is 38.8 Å². The number of para-hydroxylation sites is 2. The first-order valence-corrected chi connectivity index (χ1v) is 8.96. The Hall–Kier alpha value is -3.27. The predicted octanol–water partition coefficient (Wildman–Crippen LogP) is 4.65. The summed E-state index contributed by atoms with van der Waals surface area (Å²) in [6.07, 6.45) is 0.666. The number of methoxy groups -OCH3 is 1.